The number of hydrogen-bond donors (Lipinski definition) is 1. The zero-order valence-electron chi connectivity index (χ0n) is 16.0. The minimum absolute atomic E-state index is 0.237. The Hall–Kier alpha value is -3.35. The second-order valence-corrected chi connectivity index (χ2v) is 7.04. The van der Waals surface area contributed by atoms with Gasteiger partial charge in [-0.1, -0.05) is 25.1 Å². The zero-order chi connectivity index (χ0) is 21.6. The topological polar surface area (TPSA) is 48.0 Å². The first-order chi connectivity index (χ1) is 14.2. The van der Waals surface area contributed by atoms with Crippen LogP contribution in [0.3, 0.4) is 0 Å². The zero-order valence-corrected chi connectivity index (χ0v) is 16.0. The predicted molar refractivity (Wildman–Crippen MR) is 107 cm³/mol. The number of alkyl halides is 3. The Morgan fingerprint density at radius 2 is 1.87 bits per heavy atom. The van der Waals surface area contributed by atoms with Crippen LogP contribution in [-0.2, 0) is 19.1 Å². The number of halogens is 4. The van der Waals surface area contributed by atoms with E-state index in [2.05, 4.69) is 6.07 Å². The summed E-state index contributed by atoms with van der Waals surface area (Å²) in [5, 5.41) is 1.05. The maximum Gasteiger partial charge on any atom is 0.416 e. The molecular formula is C23H17F4N2O. The van der Waals surface area contributed by atoms with E-state index >= 15 is 0 Å². The second-order valence-electron chi connectivity index (χ2n) is 7.04. The SMILES string of the molecule is CCc1c[c]c2c3c(C(N)=O)cccc3n(Cc3c(F)cccc3C(F)(F)F)c2c1. The second kappa shape index (κ2) is 7.16. The first-order valence-corrected chi connectivity index (χ1v) is 9.32. The molecule has 7 heteroatoms. The number of aromatic nitrogens is 1. The lowest BCUT2D eigenvalue weighted by Crippen LogP contribution is -2.14. The molecule has 1 amide bonds. The van der Waals surface area contributed by atoms with Crippen molar-refractivity contribution < 1.29 is 22.4 Å². The number of nitrogens with zero attached hydrogens (tertiary/aromatic N) is 1. The van der Waals surface area contributed by atoms with Crippen molar-refractivity contribution in [3.05, 3.63) is 82.7 Å². The van der Waals surface area contributed by atoms with Crippen molar-refractivity contribution in [1.82, 2.24) is 4.57 Å². The van der Waals surface area contributed by atoms with Gasteiger partial charge in [0, 0.05) is 21.9 Å². The molecule has 1 radical (unpaired) electrons. The van der Waals surface area contributed by atoms with Crippen LogP contribution in [0, 0.1) is 11.9 Å². The minimum atomic E-state index is -4.70. The lowest BCUT2D eigenvalue weighted by molar-refractivity contribution is -0.138. The van der Waals surface area contributed by atoms with Crippen LogP contribution >= 0.6 is 0 Å². The van der Waals surface area contributed by atoms with Gasteiger partial charge in [-0.2, -0.15) is 13.2 Å². The van der Waals surface area contributed by atoms with Crippen LogP contribution < -0.4 is 5.73 Å². The maximum absolute atomic E-state index is 14.5. The van der Waals surface area contributed by atoms with E-state index in [4.69, 9.17) is 5.73 Å². The summed E-state index contributed by atoms with van der Waals surface area (Å²) < 4.78 is 56.7. The Morgan fingerprint density at radius 1 is 1.13 bits per heavy atom. The molecule has 1 heterocycles. The van der Waals surface area contributed by atoms with Crippen molar-refractivity contribution in [3.63, 3.8) is 0 Å². The summed E-state index contributed by atoms with van der Waals surface area (Å²) in [7, 11) is 0. The predicted octanol–water partition coefficient (Wildman–Crippen LogP) is 5.46. The van der Waals surface area contributed by atoms with Crippen molar-refractivity contribution in [1.29, 1.82) is 0 Å². The number of hydrogen-bond acceptors (Lipinski definition) is 1. The molecule has 0 aliphatic carbocycles. The average Bonchev–Trinajstić information content (AvgIpc) is 3.01. The number of carbonyl (C=O) groups excluding carboxylic acids is 1. The molecule has 0 fully saturated rings. The number of carbonyl (C=O) groups is 1. The lowest BCUT2D eigenvalue weighted by Gasteiger charge is -2.16. The van der Waals surface area contributed by atoms with Gasteiger partial charge in [-0.25, -0.2) is 4.39 Å². The summed E-state index contributed by atoms with van der Waals surface area (Å²) in [6.07, 6.45) is -4.01. The smallest absolute Gasteiger partial charge is 0.366 e. The summed E-state index contributed by atoms with van der Waals surface area (Å²) in [4.78, 5) is 12.0. The molecule has 0 saturated carbocycles. The van der Waals surface area contributed by atoms with E-state index in [-0.39, 0.29) is 12.1 Å². The Labute approximate surface area is 169 Å². The van der Waals surface area contributed by atoms with E-state index in [0.29, 0.717) is 28.2 Å². The summed E-state index contributed by atoms with van der Waals surface area (Å²) in [5.74, 6) is -1.60. The largest absolute Gasteiger partial charge is 0.416 e. The Balaban J connectivity index is 2.07. The summed E-state index contributed by atoms with van der Waals surface area (Å²) in [6, 6.07) is 14.5. The third kappa shape index (κ3) is 3.20. The molecule has 4 aromatic rings. The van der Waals surface area contributed by atoms with Gasteiger partial charge in [0.2, 0.25) is 5.91 Å². The monoisotopic (exact) mass is 413 g/mol. The van der Waals surface area contributed by atoms with Crippen LogP contribution in [0.5, 0.6) is 0 Å². The van der Waals surface area contributed by atoms with Crippen molar-refractivity contribution in [2.75, 3.05) is 0 Å². The number of primary amides is 1. The average molecular weight is 413 g/mol. The highest BCUT2D eigenvalue weighted by Crippen LogP contribution is 2.37. The van der Waals surface area contributed by atoms with Crippen molar-refractivity contribution in [3.8, 4) is 0 Å². The van der Waals surface area contributed by atoms with Gasteiger partial charge in [0.05, 0.1) is 23.1 Å². The molecule has 153 valence electrons. The van der Waals surface area contributed by atoms with Crippen LogP contribution in [0.1, 0.15) is 34.0 Å². The third-order valence-corrected chi connectivity index (χ3v) is 5.27. The highest BCUT2D eigenvalue weighted by molar-refractivity contribution is 6.17. The van der Waals surface area contributed by atoms with Crippen molar-refractivity contribution >= 4 is 27.7 Å². The lowest BCUT2D eigenvalue weighted by atomic mass is 10.0. The minimum Gasteiger partial charge on any atom is -0.366 e. The fourth-order valence-electron chi connectivity index (χ4n) is 3.82. The molecular weight excluding hydrogens is 396 g/mol. The van der Waals surface area contributed by atoms with Crippen molar-refractivity contribution in [2.24, 2.45) is 5.73 Å². The first kappa shape index (κ1) is 19.9. The van der Waals surface area contributed by atoms with E-state index in [0.717, 1.165) is 23.8 Å². The Kier molecular flexibility index (Phi) is 4.76. The van der Waals surface area contributed by atoms with E-state index in [9.17, 15) is 22.4 Å². The molecule has 2 N–H and O–H groups in total. The number of amides is 1. The fraction of sp³-hybridized carbons (Fsp3) is 0.174. The van der Waals surface area contributed by atoms with Gasteiger partial charge in [0.25, 0.3) is 0 Å². The number of aryl methyl sites for hydroxylation is 1. The molecule has 1 aromatic heterocycles. The molecule has 0 spiro atoms. The van der Waals surface area contributed by atoms with Gasteiger partial charge in [0.1, 0.15) is 5.82 Å². The standard InChI is InChI=1S/C23H17F4N2O/c1-2-13-9-10-14-20(11-13)29(19-8-3-5-15(21(14)19)22(28)30)12-16-17(23(25,26)27)6-4-7-18(16)24/h3-9,11H,2,12H2,1H3,(H2,28,30). The van der Waals surface area contributed by atoms with Gasteiger partial charge >= 0.3 is 6.18 Å². The van der Waals surface area contributed by atoms with Gasteiger partial charge in [-0.05, 0) is 48.4 Å². The molecule has 4 rings (SSSR count). The van der Waals surface area contributed by atoms with E-state index in [1.807, 2.05) is 13.0 Å². The van der Waals surface area contributed by atoms with Crippen LogP contribution in [0.15, 0.2) is 48.5 Å². The highest BCUT2D eigenvalue weighted by Gasteiger charge is 2.34. The van der Waals surface area contributed by atoms with Crippen molar-refractivity contribution in [2.45, 2.75) is 26.1 Å². The van der Waals surface area contributed by atoms with Gasteiger partial charge in [-0.15, -0.1) is 0 Å². The van der Waals surface area contributed by atoms with Crippen LogP contribution in [-0.4, -0.2) is 10.5 Å². The van der Waals surface area contributed by atoms with E-state index in [1.54, 1.807) is 28.8 Å². The van der Waals surface area contributed by atoms with E-state index < -0.39 is 29.0 Å². The van der Waals surface area contributed by atoms with Gasteiger partial charge in [-0.3, -0.25) is 4.79 Å². The van der Waals surface area contributed by atoms with E-state index in [1.165, 1.54) is 0 Å². The summed E-state index contributed by atoms with van der Waals surface area (Å²) in [6.45, 7) is 1.58. The molecule has 0 atom stereocenters. The first-order valence-electron chi connectivity index (χ1n) is 9.32. The summed E-state index contributed by atoms with van der Waals surface area (Å²) in [5.41, 5.74) is 6.24. The van der Waals surface area contributed by atoms with Crippen LogP contribution in [0.4, 0.5) is 17.6 Å². The molecule has 30 heavy (non-hydrogen) atoms. The highest BCUT2D eigenvalue weighted by atomic mass is 19.4. The fourth-order valence-corrected chi connectivity index (χ4v) is 3.82. The number of benzene rings is 3. The molecule has 0 saturated heterocycles. The quantitative estimate of drug-likeness (QED) is 0.444. The molecule has 0 unspecified atom stereocenters. The molecule has 3 aromatic carbocycles. The molecule has 0 bridgehead atoms. The van der Waals surface area contributed by atoms with Crippen LogP contribution in [0.25, 0.3) is 21.8 Å². The third-order valence-electron chi connectivity index (χ3n) is 5.27. The summed E-state index contributed by atoms with van der Waals surface area (Å²) >= 11 is 0. The Bertz CT molecular complexity index is 1290. The van der Waals surface area contributed by atoms with Gasteiger partial charge < -0.3 is 10.3 Å². The number of fused-ring (bicyclic) bond motifs is 3. The van der Waals surface area contributed by atoms with Gasteiger partial charge in [0.15, 0.2) is 0 Å². The number of rotatable bonds is 4. The maximum atomic E-state index is 14.5. The molecule has 0 aliphatic rings. The molecule has 0 aliphatic heterocycles. The number of nitrogens with two attached hydrogens (primary N) is 1. The normalized spacial score (nSPS) is 12.0. The van der Waals surface area contributed by atoms with Crippen LogP contribution in [0.2, 0.25) is 0 Å². The Morgan fingerprint density at radius 3 is 2.53 bits per heavy atom. The molecule has 3 nitrogen and oxygen atoms in total.